The third kappa shape index (κ3) is 3.07. The van der Waals surface area contributed by atoms with Crippen LogP contribution in [0.25, 0.3) is 0 Å². The monoisotopic (exact) mass is 247 g/mol. The topological polar surface area (TPSA) is 88.2 Å². The van der Waals surface area contributed by atoms with E-state index in [0.717, 1.165) is 0 Å². The van der Waals surface area contributed by atoms with Crippen molar-refractivity contribution in [1.82, 2.24) is 15.5 Å². The van der Waals surface area contributed by atoms with Gasteiger partial charge >= 0.3 is 0 Å². The van der Waals surface area contributed by atoms with E-state index in [2.05, 4.69) is 15.5 Å². The molecule has 6 heteroatoms. The zero-order valence-corrected chi connectivity index (χ0v) is 9.88. The van der Waals surface area contributed by atoms with Crippen molar-refractivity contribution in [1.29, 1.82) is 0 Å². The van der Waals surface area contributed by atoms with Gasteiger partial charge in [-0.1, -0.05) is 23.4 Å². The van der Waals surface area contributed by atoms with Crippen LogP contribution in [-0.4, -0.2) is 21.2 Å². The number of nitrogens with one attached hydrogen (secondary N) is 1. The van der Waals surface area contributed by atoms with Crippen LogP contribution in [-0.2, 0) is 17.8 Å². The Labute approximate surface area is 104 Å². The van der Waals surface area contributed by atoms with Crippen molar-refractivity contribution in [2.75, 3.05) is 0 Å². The molecule has 18 heavy (non-hydrogen) atoms. The van der Waals surface area contributed by atoms with Crippen LogP contribution in [0.5, 0.6) is 5.75 Å². The molecule has 0 saturated heterocycles. The van der Waals surface area contributed by atoms with E-state index in [4.69, 9.17) is 4.52 Å². The molecule has 0 bridgehead atoms. The lowest BCUT2D eigenvalue weighted by Crippen LogP contribution is -2.25. The number of nitrogens with zero attached hydrogens (tertiary/aromatic N) is 2. The average molecular weight is 247 g/mol. The van der Waals surface area contributed by atoms with E-state index in [1.807, 2.05) is 0 Å². The second kappa shape index (κ2) is 5.31. The number of phenolic OH excluding ortho intramolecular Hbond substituents is 1. The van der Waals surface area contributed by atoms with Crippen LogP contribution in [0.3, 0.4) is 0 Å². The fourth-order valence-corrected chi connectivity index (χ4v) is 1.49. The van der Waals surface area contributed by atoms with Crippen molar-refractivity contribution in [3.63, 3.8) is 0 Å². The maximum Gasteiger partial charge on any atom is 0.224 e. The Morgan fingerprint density at radius 1 is 1.44 bits per heavy atom. The summed E-state index contributed by atoms with van der Waals surface area (Å²) in [6.07, 6.45) is 0.115. The molecule has 1 aromatic heterocycles. The zero-order valence-electron chi connectivity index (χ0n) is 9.88. The lowest BCUT2D eigenvalue weighted by molar-refractivity contribution is -0.120. The standard InChI is InChI=1S/C12H13N3O3/c1-8-14-11(15-18-8)7-13-12(17)6-9-4-2-3-5-10(9)16/h2-5,16H,6-7H2,1H3,(H,13,17). The van der Waals surface area contributed by atoms with Crippen molar-refractivity contribution in [2.45, 2.75) is 19.9 Å². The molecule has 2 rings (SSSR count). The first-order valence-corrected chi connectivity index (χ1v) is 5.48. The first kappa shape index (κ1) is 12.1. The number of hydrogen-bond donors (Lipinski definition) is 2. The molecule has 0 aliphatic rings. The van der Waals surface area contributed by atoms with Crippen LogP contribution in [0, 0.1) is 6.92 Å². The Balaban J connectivity index is 1.88. The number of carbonyl (C=O) groups is 1. The maximum atomic E-state index is 11.6. The molecule has 1 amide bonds. The lowest BCUT2D eigenvalue weighted by Gasteiger charge is -2.04. The van der Waals surface area contributed by atoms with Crippen molar-refractivity contribution in [2.24, 2.45) is 0 Å². The third-order valence-electron chi connectivity index (χ3n) is 2.36. The molecule has 1 heterocycles. The minimum atomic E-state index is -0.209. The number of phenols is 1. The van der Waals surface area contributed by atoms with Crippen molar-refractivity contribution < 1.29 is 14.4 Å². The predicted octanol–water partition coefficient (Wildman–Crippen LogP) is 0.943. The number of benzene rings is 1. The zero-order chi connectivity index (χ0) is 13.0. The summed E-state index contributed by atoms with van der Waals surface area (Å²) < 4.78 is 4.78. The van der Waals surface area contributed by atoms with Gasteiger partial charge in [-0.05, 0) is 6.07 Å². The second-order valence-electron chi connectivity index (χ2n) is 3.81. The van der Waals surface area contributed by atoms with Gasteiger partial charge in [0.1, 0.15) is 5.75 Å². The minimum Gasteiger partial charge on any atom is -0.508 e. The minimum absolute atomic E-state index is 0.114. The van der Waals surface area contributed by atoms with Gasteiger partial charge < -0.3 is 14.9 Å². The Kier molecular flexibility index (Phi) is 3.57. The van der Waals surface area contributed by atoms with Crippen molar-refractivity contribution in [3.8, 4) is 5.75 Å². The molecule has 94 valence electrons. The molecule has 0 aliphatic carbocycles. The maximum absolute atomic E-state index is 11.6. The highest BCUT2D eigenvalue weighted by Crippen LogP contribution is 2.15. The number of amides is 1. The molecule has 0 spiro atoms. The van der Waals surface area contributed by atoms with E-state index in [1.54, 1.807) is 31.2 Å². The lowest BCUT2D eigenvalue weighted by atomic mass is 10.1. The molecule has 2 aromatic rings. The first-order chi connectivity index (χ1) is 8.65. The summed E-state index contributed by atoms with van der Waals surface area (Å²) in [6, 6.07) is 6.72. The highest BCUT2D eigenvalue weighted by molar-refractivity contribution is 5.79. The number of aromatic nitrogens is 2. The summed E-state index contributed by atoms with van der Waals surface area (Å²) in [5, 5.41) is 15.8. The quantitative estimate of drug-likeness (QED) is 0.839. The molecule has 0 radical (unpaired) electrons. The highest BCUT2D eigenvalue weighted by atomic mass is 16.5. The summed E-state index contributed by atoms with van der Waals surface area (Å²) in [5.74, 6) is 0.792. The number of aromatic hydroxyl groups is 1. The van der Waals surface area contributed by atoms with E-state index >= 15 is 0 Å². The summed E-state index contributed by atoms with van der Waals surface area (Å²) in [7, 11) is 0. The van der Waals surface area contributed by atoms with Gasteiger partial charge in [0.25, 0.3) is 0 Å². The Bertz CT molecular complexity index is 551. The first-order valence-electron chi connectivity index (χ1n) is 5.48. The third-order valence-corrected chi connectivity index (χ3v) is 2.36. The fraction of sp³-hybridized carbons (Fsp3) is 0.250. The van der Waals surface area contributed by atoms with Crippen LogP contribution in [0.2, 0.25) is 0 Å². The molecule has 2 N–H and O–H groups in total. The van der Waals surface area contributed by atoms with Gasteiger partial charge in [0.15, 0.2) is 5.82 Å². The normalized spacial score (nSPS) is 10.3. The van der Waals surface area contributed by atoms with Gasteiger partial charge in [-0.2, -0.15) is 4.98 Å². The SMILES string of the molecule is Cc1nc(CNC(=O)Cc2ccccc2O)no1. The molecule has 6 nitrogen and oxygen atoms in total. The summed E-state index contributed by atoms with van der Waals surface area (Å²) >= 11 is 0. The van der Waals surface area contributed by atoms with Crippen LogP contribution in [0.4, 0.5) is 0 Å². The molecule has 0 unspecified atom stereocenters. The molecule has 0 saturated carbocycles. The van der Waals surface area contributed by atoms with Crippen LogP contribution in [0.1, 0.15) is 17.3 Å². The van der Waals surface area contributed by atoms with Gasteiger partial charge in [-0.15, -0.1) is 0 Å². The molecule has 1 aromatic carbocycles. The Morgan fingerprint density at radius 2 is 2.22 bits per heavy atom. The second-order valence-corrected chi connectivity index (χ2v) is 3.81. The van der Waals surface area contributed by atoms with E-state index in [0.29, 0.717) is 17.3 Å². The highest BCUT2D eigenvalue weighted by Gasteiger charge is 2.08. The molecular formula is C12H13N3O3. The van der Waals surface area contributed by atoms with E-state index < -0.39 is 0 Å². The van der Waals surface area contributed by atoms with Gasteiger partial charge in [-0.3, -0.25) is 4.79 Å². The van der Waals surface area contributed by atoms with Crippen LogP contribution in [0.15, 0.2) is 28.8 Å². The number of hydrogen-bond acceptors (Lipinski definition) is 5. The molecule has 0 atom stereocenters. The number of carbonyl (C=O) groups excluding carboxylic acids is 1. The van der Waals surface area contributed by atoms with Gasteiger partial charge in [-0.25, -0.2) is 0 Å². The van der Waals surface area contributed by atoms with E-state index in [-0.39, 0.29) is 24.6 Å². The predicted molar refractivity (Wildman–Crippen MR) is 62.7 cm³/mol. The molecule has 0 fully saturated rings. The number of para-hydroxylation sites is 1. The summed E-state index contributed by atoms with van der Waals surface area (Å²) in [6.45, 7) is 1.89. The summed E-state index contributed by atoms with van der Waals surface area (Å²) in [4.78, 5) is 15.6. The Hall–Kier alpha value is -2.37. The van der Waals surface area contributed by atoms with Gasteiger partial charge in [0.2, 0.25) is 11.8 Å². The molecular weight excluding hydrogens is 234 g/mol. The van der Waals surface area contributed by atoms with Crippen LogP contribution >= 0.6 is 0 Å². The largest absolute Gasteiger partial charge is 0.508 e. The smallest absolute Gasteiger partial charge is 0.224 e. The number of aryl methyl sites for hydroxylation is 1. The summed E-state index contributed by atoms with van der Waals surface area (Å²) in [5.41, 5.74) is 0.583. The van der Waals surface area contributed by atoms with Gasteiger partial charge in [0, 0.05) is 12.5 Å². The van der Waals surface area contributed by atoms with E-state index in [9.17, 15) is 9.90 Å². The number of rotatable bonds is 4. The van der Waals surface area contributed by atoms with Crippen molar-refractivity contribution in [3.05, 3.63) is 41.5 Å². The van der Waals surface area contributed by atoms with E-state index in [1.165, 1.54) is 0 Å². The van der Waals surface area contributed by atoms with Gasteiger partial charge in [0.05, 0.1) is 13.0 Å². The fourth-order valence-electron chi connectivity index (χ4n) is 1.49. The van der Waals surface area contributed by atoms with Crippen LogP contribution < -0.4 is 5.32 Å². The molecule has 0 aliphatic heterocycles. The Morgan fingerprint density at radius 3 is 2.89 bits per heavy atom. The average Bonchev–Trinajstić information content (AvgIpc) is 2.76. The van der Waals surface area contributed by atoms with Crippen molar-refractivity contribution >= 4 is 5.91 Å².